The molecule has 2 N–H and O–H groups in total. The van der Waals surface area contributed by atoms with Crippen molar-refractivity contribution in [1.29, 1.82) is 0 Å². The number of aromatic amines is 1. The number of anilines is 2. The van der Waals surface area contributed by atoms with Gasteiger partial charge in [0, 0.05) is 48.3 Å². The van der Waals surface area contributed by atoms with E-state index in [1.165, 1.54) is 12.8 Å². The summed E-state index contributed by atoms with van der Waals surface area (Å²) in [6.07, 6.45) is 7.52. The van der Waals surface area contributed by atoms with Gasteiger partial charge < -0.3 is 20.1 Å². The maximum Gasteiger partial charge on any atom is 0.167 e. The van der Waals surface area contributed by atoms with Crippen molar-refractivity contribution >= 4 is 17.2 Å². The number of likely N-dealkylation sites (tertiary alicyclic amines) is 1. The number of H-pyrrole nitrogens is 1. The Morgan fingerprint density at radius 2 is 1.79 bits per heavy atom. The van der Waals surface area contributed by atoms with E-state index in [1.54, 1.807) is 12.4 Å². The highest BCUT2D eigenvalue weighted by Crippen LogP contribution is 2.40. The number of nitrogens with zero attached hydrogens (tertiary/aromatic N) is 3. The molecular weight excluding hydrogens is 410 g/mol. The molecule has 2 aromatic heterocycles. The lowest BCUT2D eigenvalue weighted by molar-refractivity contribution is 0.0902. The number of piperidine rings is 1. The zero-order valence-electron chi connectivity index (χ0n) is 19.6. The van der Waals surface area contributed by atoms with E-state index >= 15 is 0 Å². The summed E-state index contributed by atoms with van der Waals surface area (Å²) in [5.74, 6) is 0.592. The molecule has 1 fully saturated rings. The summed E-state index contributed by atoms with van der Waals surface area (Å²) in [5, 5.41) is 3.53. The van der Waals surface area contributed by atoms with E-state index in [0.717, 1.165) is 59.9 Å². The number of benzene rings is 1. The molecular formula is C27H33N5O. The van der Waals surface area contributed by atoms with Gasteiger partial charge in [0.25, 0.3) is 0 Å². The average molecular weight is 444 g/mol. The standard InChI is InChI=1S/C27H33N5O/c1-31(2)22-10-14-32(15-11-22)18-19-16-23-25(24(33)17-19)27(29-21-6-4-3-5-7-21)26(30-23)20-8-12-28-13-9-20/h3-9,12-13,19,22,29-30H,10-11,14-18H2,1-2H3. The number of nitrogens with one attached hydrogen (secondary N) is 2. The van der Waals surface area contributed by atoms with Crippen molar-refractivity contribution in [1.82, 2.24) is 19.8 Å². The van der Waals surface area contributed by atoms with Gasteiger partial charge in [0.15, 0.2) is 5.78 Å². The largest absolute Gasteiger partial charge is 0.356 e. The number of fused-ring (bicyclic) bond motifs is 1. The van der Waals surface area contributed by atoms with Crippen LogP contribution in [0.15, 0.2) is 54.9 Å². The minimum absolute atomic E-state index is 0.236. The van der Waals surface area contributed by atoms with E-state index in [2.05, 4.69) is 39.2 Å². The van der Waals surface area contributed by atoms with Gasteiger partial charge in [0.2, 0.25) is 0 Å². The number of Topliss-reactive ketones (excluding diaryl/α,β-unsaturated/α-hetero) is 1. The Morgan fingerprint density at radius 1 is 1.06 bits per heavy atom. The quantitative estimate of drug-likeness (QED) is 0.583. The molecule has 1 unspecified atom stereocenters. The molecule has 0 spiro atoms. The summed E-state index contributed by atoms with van der Waals surface area (Å²) in [7, 11) is 4.35. The zero-order chi connectivity index (χ0) is 22.8. The Balaban J connectivity index is 1.39. The second-order valence-corrected chi connectivity index (χ2v) is 9.65. The van der Waals surface area contributed by atoms with Gasteiger partial charge in [-0.3, -0.25) is 9.78 Å². The van der Waals surface area contributed by atoms with Crippen LogP contribution in [0.1, 0.15) is 35.3 Å². The molecule has 2 aliphatic rings. The highest BCUT2D eigenvalue weighted by molar-refractivity contribution is 6.07. The summed E-state index contributed by atoms with van der Waals surface area (Å²) >= 11 is 0. The molecule has 6 heteroatoms. The van der Waals surface area contributed by atoms with Crippen LogP contribution in [-0.2, 0) is 6.42 Å². The van der Waals surface area contributed by atoms with Crippen LogP contribution in [0.3, 0.4) is 0 Å². The number of carbonyl (C=O) groups is 1. The molecule has 172 valence electrons. The molecule has 33 heavy (non-hydrogen) atoms. The fraction of sp³-hybridized carbons (Fsp3) is 0.407. The summed E-state index contributed by atoms with van der Waals surface area (Å²) in [6.45, 7) is 3.23. The molecule has 0 bridgehead atoms. The maximum absolute atomic E-state index is 13.4. The van der Waals surface area contributed by atoms with Gasteiger partial charge in [-0.05, 0) is 76.6 Å². The first-order chi connectivity index (χ1) is 16.1. The van der Waals surface area contributed by atoms with E-state index in [4.69, 9.17) is 0 Å². The molecule has 5 rings (SSSR count). The average Bonchev–Trinajstić information content (AvgIpc) is 3.19. The Morgan fingerprint density at radius 3 is 2.48 bits per heavy atom. The van der Waals surface area contributed by atoms with Crippen LogP contribution in [0.25, 0.3) is 11.3 Å². The number of carbonyl (C=O) groups excluding carboxylic acids is 1. The third kappa shape index (κ3) is 4.72. The molecule has 1 saturated heterocycles. The summed E-state index contributed by atoms with van der Waals surface area (Å²) < 4.78 is 0. The van der Waals surface area contributed by atoms with Crippen molar-refractivity contribution in [3.05, 3.63) is 66.1 Å². The molecule has 0 radical (unpaired) electrons. The van der Waals surface area contributed by atoms with Crippen molar-refractivity contribution in [3.8, 4) is 11.3 Å². The first-order valence-electron chi connectivity index (χ1n) is 12.0. The van der Waals surface area contributed by atoms with Crippen molar-refractivity contribution in [2.24, 2.45) is 5.92 Å². The van der Waals surface area contributed by atoms with Gasteiger partial charge in [0.05, 0.1) is 16.9 Å². The predicted molar refractivity (Wildman–Crippen MR) is 133 cm³/mol. The van der Waals surface area contributed by atoms with Gasteiger partial charge >= 0.3 is 0 Å². The summed E-state index contributed by atoms with van der Waals surface area (Å²) in [5.41, 5.74) is 5.75. The third-order valence-electron chi connectivity index (χ3n) is 7.14. The third-order valence-corrected chi connectivity index (χ3v) is 7.14. The van der Waals surface area contributed by atoms with E-state index in [-0.39, 0.29) is 5.78 Å². The monoisotopic (exact) mass is 443 g/mol. The van der Waals surface area contributed by atoms with E-state index in [9.17, 15) is 4.79 Å². The summed E-state index contributed by atoms with van der Waals surface area (Å²) in [4.78, 5) is 26.1. The van der Waals surface area contributed by atoms with E-state index < -0.39 is 0 Å². The zero-order valence-corrected chi connectivity index (χ0v) is 19.6. The topological polar surface area (TPSA) is 64.3 Å². The molecule has 1 aliphatic heterocycles. The molecule has 1 atom stereocenters. The van der Waals surface area contributed by atoms with Crippen LogP contribution >= 0.6 is 0 Å². The van der Waals surface area contributed by atoms with E-state index in [1.807, 2.05) is 42.5 Å². The predicted octanol–water partition coefficient (Wildman–Crippen LogP) is 4.59. The molecule has 3 aromatic rings. The number of aromatic nitrogens is 2. The first kappa shape index (κ1) is 21.9. The van der Waals surface area contributed by atoms with Gasteiger partial charge in [-0.1, -0.05) is 18.2 Å². The number of hydrogen-bond acceptors (Lipinski definition) is 5. The molecule has 6 nitrogen and oxygen atoms in total. The highest BCUT2D eigenvalue weighted by Gasteiger charge is 2.33. The second-order valence-electron chi connectivity index (χ2n) is 9.65. The van der Waals surface area contributed by atoms with Gasteiger partial charge in [-0.25, -0.2) is 0 Å². The molecule has 0 saturated carbocycles. The number of pyridine rings is 1. The first-order valence-corrected chi connectivity index (χ1v) is 12.0. The smallest absolute Gasteiger partial charge is 0.167 e. The van der Waals surface area contributed by atoms with Crippen LogP contribution in [0.5, 0.6) is 0 Å². The minimum Gasteiger partial charge on any atom is -0.356 e. The Kier molecular flexibility index (Phi) is 6.29. The van der Waals surface area contributed by atoms with Crippen LogP contribution in [0.4, 0.5) is 11.4 Å². The minimum atomic E-state index is 0.236. The van der Waals surface area contributed by atoms with E-state index in [0.29, 0.717) is 18.4 Å². The lowest BCUT2D eigenvalue weighted by Gasteiger charge is -2.37. The van der Waals surface area contributed by atoms with Gasteiger partial charge in [-0.15, -0.1) is 0 Å². The lowest BCUT2D eigenvalue weighted by atomic mass is 9.85. The molecule has 1 aromatic carbocycles. The van der Waals surface area contributed by atoms with Gasteiger partial charge in [0.1, 0.15) is 0 Å². The maximum atomic E-state index is 13.4. The fourth-order valence-corrected chi connectivity index (χ4v) is 5.38. The molecule has 1 aliphatic carbocycles. The van der Waals surface area contributed by atoms with Crippen molar-refractivity contribution in [2.45, 2.75) is 31.7 Å². The molecule has 0 amide bonds. The van der Waals surface area contributed by atoms with Crippen molar-refractivity contribution in [2.75, 3.05) is 39.0 Å². The molecule has 3 heterocycles. The van der Waals surface area contributed by atoms with Crippen molar-refractivity contribution in [3.63, 3.8) is 0 Å². The Hall–Kier alpha value is -2.96. The van der Waals surface area contributed by atoms with Crippen LogP contribution in [0.2, 0.25) is 0 Å². The summed E-state index contributed by atoms with van der Waals surface area (Å²) in [6, 6.07) is 14.7. The number of rotatable bonds is 6. The highest BCUT2D eigenvalue weighted by atomic mass is 16.1. The number of para-hydroxylation sites is 1. The van der Waals surface area contributed by atoms with Crippen LogP contribution in [-0.4, -0.2) is 65.3 Å². The Labute approximate surface area is 196 Å². The Bertz CT molecular complexity index is 1080. The van der Waals surface area contributed by atoms with Crippen LogP contribution in [0, 0.1) is 5.92 Å². The SMILES string of the molecule is CN(C)C1CCN(CC2CC(=O)c3c([nH]c(-c4ccncc4)c3Nc3ccccc3)C2)CC1. The lowest BCUT2D eigenvalue weighted by Crippen LogP contribution is -2.44. The number of hydrogen-bond donors (Lipinski definition) is 2. The normalized spacial score (nSPS) is 19.6. The number of ketones is 1. The van der Waals surface area contributed by atoms with Crippen LogP contribution < -0.4 is 5.32 Å². The fourth-order valence-electron chi connectivity index (χ4n) is 5.38. The van der Waals surface area contributed by atoms with Crippen molar-refractivity contribution < 1.29 is 4.79 Å². The van der Waals surface area contributed by atoms with Gasteiger partial charge in [-0.2, -0.15) is 0 Å². The second kappa shape index (κ2) is 9.49.